The first-order valence-electron chi connectivity index (χ1n) is 6.54. The molecule has 0 aliphatic heterocycles. The summed E-state index contributed by atoms with van der Waals surface area (Å²) in [6, 6.07) is 8.36. The van der Waals surface area contributed by atoms with Crippen LogP contribution in [0.2, 0.25) is 0 Å². The zero-order valence-corrected chi connectivity index (χ0v) is 12.5. The zero-order valence-electron chi connectivity index (χ0n) is 11.6. The van der Waals surface area contributed by atoms with Gasteiger partial charge in [-0.25, -0.2) is 4.98 Å². The van der Waals surface area contributed by atoms with E-state index in [1.165, 1.54) is 5.56 Å². The van der Waals surface area contributed by atoms with Gasteiger partial charge < -0.3 is 10.1 Å². The molecule has 0 spiro atoms. The molecule has 4 heteroatoms. The third-order valence-corrected chi connectivity index (χ3v) is 3.96. The lowest BCUT2D eigenvalue weighted by atomic mass is 10.1. The number of nitrogens with one attached hydrogen (secondary N) is 1. The first-order chi connectivity index (χ1) is 9.24. The Kier molecular flexibility index (Phi) is 4.93. The summed E-state index contributed by atoms with van der Waals surface area (Å²) in [7, 11) is 1.69. The Hall–Kier alpha value is -1.39. The summed E-state index contributed by atoms with van der Waals surface area (Å²) in [4.78, 5) is 4.61. The van der Waals surface area contributed by atoms with Crippen molar-refractivity contribution >= 4 is 11.3 Å². The summed E-state index contributed by atoms with van der Waals surface area (Å²) in [6.07, 6.45) is 1.11. The first-order valence-corrected chi connectivity index (χ1v) is 7.42. The molecule has 1 aromatic heterocycles. The lowest BCUT2D eigenvalue weighted by molar-refractivity contribution is 0.414. The average molecular weight is 276 g/mol. The highest BCUT2D eigenvalue weighted by molar-refractivity contribution is 7.09. The zero-order chi connectivity index (χ0) is 13.7. The lowest BCUT2D eigenvalue weighted by Gasteiger charge is -2.17. The van der Waals surface area contributed by atoms with Gasteiger partial charge in [-0.05, 0) is 37.6 Å². The van der Waals surface area contributed by atoms with Crippen LogP contribution < -0.4 is 10.1 Å². The fraction of sp³-hybridized carbons (Fsp3) is 0.400. The molecule has 2 aromatic rings. The molecule has 1 heterocycles. The predicted octanol–water partition coefficient (Wildman–Crippen LogP) is 3.55. The van der Waals surface area contributed by atoms with Gasteiger partial charge >= 0.3 is 0 Å². The highest BCUT2D eigenvalue weighted by Gasteiger charge is 2.16. The van der Waals surface area contributed by atoms with Gasteiger partial charge in [0.1, 0.15) is 10.8 Å². The van der Waals surface area contributed by atoms with Crippen molar-refractivity contribution in [1.82, 2.24) is 10.3 Å². The molecule has 1 aromatic carbocycles. The number of ether oxygens (including phenoxy) is 1. The highest BCUT2D eigenvalue weighted by atomic mass is 32.1. The van der Waals surface area contributed by atoms with Crippen LogP contribution in [-0.4, -0.2) is 18.6 Å². The third-order valence-electron chi connectivity index (χ3n) is 2.93. The molecule has 0 saturated heterocycles. The number of hydrogen-bond donors (Lipinski definition) is 1. The molecule has 0 amide bonds. The largest absolute Gasteiger partial charge is 0.497 e. The van der Waals surface area contributed by atoms with Gasteiger partial charge in [-0.1, -0.05) is 19.1 Å². The van der Waals surface area contributed by atoms with Crippen molar-refractivity contribution in [2.24, 2.45) is 0 Å². The van der Waals surface area contributed by atoms with Crippen molar-refractivity contribution in [3.05, 3.63) is 45.9 Å². The van der Waals surface area contributed by atoms with Crippen molar-refractivity contribution in [2.75, 3.05) is 13.7 Å². The Labute approximate surface area is 118 Å². The van der Waals surface area contributed by atoms with Gasteiger partial charge in [0, 0.05) is 11.1 Å². The number of thiazole rings is 1. The topological polar surface area (TPSA) is 34.1 Å². The SMILES string of the molecule is CCCNC(c1ccc(OC)cc1)c1nc(C)cs1. The van der Waals surface area contributed by atoms with Crippen LogP contribution in [0.5, 0.6) is 5.75 Å². The summed E-state index contributed by atoms with van der Waals surface area (Å²) in [5, 5.41) is 6.78. The summed E-state index contributed by atoms with van der Waals surface area (Å²) >= 11 is 1.71. The molecule has 3 nitrogen and oxygen atoms in total. The molecular formula is C15H20N2OS. The van der Waals surface area contributed by atoms with Gasteiger partial charge in [0.05, 0.1) is 13.2 Å². The van der Waals surface area contributed by atoms with E-state index in [-0.39, 0.29) is 6.04 Å². The van der Waals surface area contributed by atoms with Crippen molar-refractivity contribution in [1.29, 1.82) is 0 Å². The standard InChI is InChI=1S/C15H20N2OS/c1-4-9-16-14(15-17-11(2)10-19-15)12-5-7-13(18-3)8-6-12/h5-8,10,14,16H,4,9H2,1-3H3. The maximum Gasteiger partial charge on any atom is 0.118 e. The van der Waals surface area contributed by atoms with E-state index in [1.807, 2.05) is 19.1 Å². The van der Waals surface area contributed by atoms with Crippen molar-refractivity contribution in [3.63, 3.8) is 0 Å². The number of hydrogen-bond acceptors (Lipinski definition) is 4. The van der Waals surface area contributed by atoms with E-state index in [0.29, 0.717) is 0 Å². The van der Waals surface area contributed by atoms with Crippen LogP contribution in [0.4, 0.5) is 0 Å². The molecule has 1 unspecified atom stereocenters. The van der Waals surface area contributed by atoms with Gasteiger partial charge in [0.15, 0.2) is 0 Å². The molecule has 0 fully saturated rings. The number of rotatable bonds is 6. The number of nitrogens with zero attached hydrogens (tertiary/aromatic N) is 1. The van der Waals surface area contributed by atoms with Gasteiger partial charge in [0.2, 0.25) is 0 Å². The monoisotopic (exact) mass is 276 g/mol. The number of methoxy groups -OCH3 is 1. The summed E-state index contributed by atoms with van der Waals surface area (Å²) in [5.41, 5.74) is 2.31. The van der Waals surface area contributed by atoms with E-state index in [9.17, 15) is 0 Å². The molecule has 0 radical (unpaired) electrons. The molecule has 0 aliphatic carbocycles. The first kappa shape index (κ1) is 14.0. The minimum Gasteiger partial charge on any atom is -0.497 e. The van der Waals surface area contributed by atoms with Crippen molar-refractivity contribution in [2.45, 2.75) is 26.3 Å². The summed E-state index contributed by atoms with van der Waals surface area (Å²) in [5.74, 6) is 0.883. The second-order valence-corrected chi connectivity index (χ2v) is 5.38. The van der Waals surface area contributed by atoms with E-state index >= 15 is 0 Å². The van der Waals surface area contributed by atoms with Gasteiger partial charge in [-0.15, -0.1) is 11.3 Å². The lowest BCUT2D eigenvalue weighted by Crippen LogP contribution is -2.23. The van der Waals surface area contributed by atoms with Crippen LogP contribution in [0.15, 0.2) is 29.6 Å². The maximum absolute atomic E-state index is 5.21. The van der Waals surface area contributed by atoms with E-state index in [1.54, 1.807) is 18.4 Å². The Morgan fingerprint density at radius 3 is 2.58 bits per heavy atom. The molecule has 0 saturated carbocycles. The van der Waals surface area contributed by atoms with E-state index in [4.69, 9.17) is 4.74 Å². The van der Waals surface area contributed by atoms with E-state index < -0.39 is 0 Å². The second-order valence-electron chi connectivity index (χ2n) is 4.49. The molecular weight excluding hydrogens is 256 g/mol. The minimum absolute atomic E-state index is 0.171. The Bertz CT molecular complexity index is 507. The van der Waals surface area contributed by atoms with E-state index in [0.717, 1.165) is 29.4 Å². The van der Waals surface area contributed by atoms with Crippen LogP contribution in [0.25, 0.3) is 0 Å². The second kappa shape index (κ2) is 6.68. The Morgan fingerprint density at radius 2 is 2.05 bits per heavy atom. The Balaban J connectivity index is 2.25. The van der Waals surface area contributed by atoms with Crippen LogP contribution >= 0.6 is 11.3 Å². The number of aromatic nitrogens is 1. The van der Waals surface area contributed by atoms with E-state index in [2.05, 4.69) is 34.7 Å². The highest BCUT2D eigenvalue weighted by Crippen LogP contribution is 2.26. The maximum atomic E-state index is 5.21. The number of aryl methyl sites for hydroxylation is 1. The van der Waals surface area contributed by atoms with Gasteiger partial charge in [-0.3, -0.25) is 0 Å². The van der Waals surface area contributed by atoms with Crippen LogP contribution in [0.1, 0.15) is 35.7 Å². The van der Waals surface area contributed by atoms with Crippen LogP contribution in [0.3, 0.4) is 0 Å². The third kappa shape index (κ3) is 3.55. The Morgan fingerprint density at radius 1 is 1.32 bits per heavy atom. The number of benzene rings is 1. The van der Waals surface area contributed by atoms with Crippen LogP contribution in [-0.2, 0) is 0 Å². The van der Waals surface area contributed by atoms with Crippen LogP contribution in [0, 0.1) is 6.92 Å². The summed E-state index contributed by atoms with van der Waals surface area (Å²) in [6.45, 7) is 5.19. The van der Waals surface area contributed by atoms with Gasteiger partial charge in [-0.2, -0.15) is 0 Å². The molecule has 1 N–H and O–H groups in total. The normalized spacial score (nSPS) is 12.4. The molecule has 0 aliphatic rings. The minimum atomic E-state index is 0.171. The molecule has 19 heavy (non-hydrogen) atoms. The predicted molar refractivity (Wildman–Crippen MR) is 80.0 cm³/mol. The van der Waals surface area contributed by atoms with Crippen molar-refractivity contribution < 1.29 is 4.74 Å². The fourth-order valence-corrected chi connectivity index (χ4v) is 2.83. The molecule has 1 atom stereocenters. The molecule has 102 valence electrons. The molecule has 0 bridgehead atoms. The summed E-state index contributed by atoms with van der Waals surface area (Å²) < 4.78 is 5.21. The smallest absolute Gasteiger partial charge is 0.118 e. The fourth-order valence-electron chi connectivity index (χ4n) is 1.94. The quantitative estimate of drug-likeness (QED) is 0.876. The van der Waals surface area contributed by atoms with Crippen molar-refractivity contribution in [3.8, 4) is 5.75 Å². The van der Waals surface area contributed by atoms with Gasteiger partial charge in [0.25, 0.3) is 0 Å². The average Bonchev–Trinajstić information content (AvgIpc) is 2.86. The molecule has 2 rings (SSSR count).